The molecule has 0 bridgehead atoms. The molecule has 1 N–H and O–H groups in total. The topological polar surface area (TPSA) is 97.3 Å². The Labute approximate surface area is 131 Å². The molecule has 2 heterocycles. The molecule has 1 aromatic heterocycles. The van der Waals surface area contributed by atoms with Gasteiger partial charge in [0.15, 0.2) is 5.82 Å². The number of hydrogen-bond donors (Lipinski definition) is 1. The van der Waals surface area contributed by atoms with Gasteiger partial charge in [0, 0.05) is 25.2 Å². The predicted molar refractivity (Wildman–Crippen MR) is 79.3 cm³/mol. The summed E-state index contributed by atoms with van der Waals surface area (Å²) in [6.45, 7) is 3.82. The van der Waals surface area contributed by atoms with Crippen LogP contribution in [0.25, 0.3) is 11.5 Å². The maximum atomic E-state index is 13.6. The second-order valence-electron chi connectivity index (χ2n) is 5.53. The molecule has 9 heteroatoms. The summed E-state index contributed by atoms with van der Waals surface area (Å²) < 4.78 is 18.8. The molecular formula is C14H16FN5O3. The van der Waals surface area contributed by atoms with E-state index >= 15 is 0 Å². The number of nitro benzene ring substituents is 1. The highest BCUT2D eigenvalue weighted by Gasteiger charge is 2.28. The van der Waals surface area contributed by atoms with Crippen molar-refractivity contribution in [3.8, 4) is 11.5 Å². The number of nitrogens with zero attached hydrogens (tertiary/aromatic N) is 4. The summed E-state index contributed by atoms with van der Waals surface area (Å²) in [5.41, 5.74) is -0.0180. The zero-order valence-corrected chi connectivity index (χ0v) is 12.7. The first-order valence-corrected chi connectivity index (χ1v) is 7.17. The summed E-state index contributed by atoms with van der Waals surface area (Å²) in [5.74, 6) is -0.210. The van der Waals surface area contributed by atoms with Gasteiger partial charge in [0.1, 0.15) is 11.4 Å². The summed E-state index contributed by atoms with van der Waals surface area (Å²) in [5, 5.41) is 18.4. The highest BCUT2D eigenvalue weighted by molar-refractivity contribution is 5.69. The van der Waals surface area contributed by atoms with Crippen LogP contribution < -0.4 is 5.32 Å². The van der Waals surface area contributed by atoms with Crippen molar-refractivity contribution >= 4 is 5.69 Å². The first kappa shape index (κ1) is 15.5. The minimum atomic E-state index is -0.584. The number of halogens is 1. The van der Waals surface area contributed by atoms with Gasteiger partial charge in [-0.1, -0.05) is 5.16 Å². The van der Waals surface area contributed by atoms with Crippen molar-refractivity contribution in [2.75, 3.05) is 26.7 Å². The summed E-state index contributed by atoms with van der Waals surface area (Å²) in [7, 11) is 1.94. The van der Waals surface area contributed by atoms with Crippen LogP contribution in [0.2, 0.25) is 0 Å². The van der Waals surface area contributed by atoms with Crippen molar-refractivity contribution in [1.29, 1.82) is 0 Å². The monoisotopic (exact) mass is 321 g/mol. The molecule has 0 spiro atoms. The van der Waals surface area contributed by atoms with Gasteiger partial charge in [-0.15, -0.1) is 0 Å². The van der Waals surface area contributed by atoms with E-state index in [4.69, 9.17) is 4.52 Å². The minimum absolute atomic E-state index is 0.00216. The van der Waals surface area contributed by atoms with E-state index in [1.165, 1.54) is 6.92 Å². The molecule has 0 saturated carbocycles. The van der Waals surface area contributed by atoms with Crippen LogP contribution in [0.4, 0.5) is 10.1 Å². The maximum absolute atomic E-state index is 13.6. The van der Waals surface area contributed by atoms with Crippen molar-refractivity contribution in [3.63, 3.8) is 0 Å². The molecule has 0 amide bonds. The largest absolute Gasteiger partial charge is 0.334 e. The van der Waals surface area contributed by atoms with Crippen LogP contribution in [0.5, 0.6) is 0 Å². The molecule has 1 unspecified atom stereocenters. The molecule has 0 aliphatic carbocycles. The van der Waals surface area contributed by atoms with Gasteiger partial charge in [-0.2, -0.15) is 4.98 Å². The maximum Gasteiger partial charge on any atom is 0.285 e. The Morgan fingerprint density at radius 3 is 3.00 bits per heavy atom. The van der Waals surface area contributed by atoms with E-state index in [0.717, 1.165) is 25.2 Å². The second kappa shape index (κ2) is 6.01. The molecule has 0 radical (unpaired) electrons. The smallest absolute Gasteiger partial charge is 0.285 e. The van der Waals surface area contributed by atoms with E-state index in [2.05, 4.69) is 20.4 Å². The van der Waals surface area contributed by atoms with Crippen LogP contribution in [0, 0.1) is 22.9 Å². The molecule has 122 valence electrons. The first-order chi connectivity index (χ1) is 11.0. The van der Waals surface area contributed by atoms with E-state index < -0.39 is 10.7 Å². The fourth-order valence-corrected chi connectivity index (χ4v) is 2.71. The third-order valence-electron chi connectivity index (χ3n) is 3.93. The Hall–Kier alpha value is -2.39. The lowest BCUT2D eigenvalue weighted by Gasteiger charge is -2.30. The van der Waals surface area contributed by atoms with Gasteiger partial charge in [-0.3, -0.25) is 15.0 Å². The van der Waals surface area contributed by atoms with Crippen LogP contribution in [-0.4, -0.2) is 46.6 Å². The van der Waals surface area contributed by atoms with Crippen molar-refractivity contribution in [2.24, 2.45) is 0 Å². The molecule has 3 rings (SSSR count). The number of hydrogen-bond acceptors (Lipinski definition) is 7. The van der Waals surface area contributed by atoms with Crippen molar-refractivity contribution < 1.29 is 13.8 Å². The van der Waals surface area contributed by atoms with E-state index in [1.807, 2.05) is 7.05 Å². The summed E-state index contributed by atoms with van der Waals surface area (Å²) in [4.78, 5) is 17.0. The van der Waals surface area contributed by atoms with Crippen LogP contribution in [0.1, 0.15) is 17.4 Å². The van der Waals surface area contributed by atoms with Crippen LogP contribution >= 0.6 is 0 Å². The zero-order valence-electron chi connectivity index (χ0n) is 12.7. The van der Waals surface area contributed by atoms with Crippen LogP contribution in [-0.2, 0) is 0 Å². The number of piperazine rings is 1. The lowest BCUT2D eigenvalue weighted by molar-refractivity contribution is -0.384. The van der Waals surface area contributed by atoms with Gasteiger partial charge in [0.2, 0.25) is 0 Å². The Balaban J connectivity index is 2.02. The number of aryl methyl sites for hydroxylation is 1. The number of rotatable bonds is 3. The lowest BCUT2D eigenvalue weighted by Crippen LogP contribution is -2.44. The number of aromatic nitrogens is 2. The number of nitrogens with one attached hydrogen (secondary N) is 1. The number of nitro groups is 1. The van der Waals surface area contributed by atoms with E-state index in [1.54, 1.807) is 0 Å². The summed E-state index contributed by atoms with van der Waals surface area (Å²) >= 11 is 0. The molecule has 1 atom stereocenters. The SMILES string of the molecule is Cc1cc(F)cc(-c2nc(C3CNCCN3C)no2)c1[N+](=O)[O-]. The molecule has 1 aliphatic rings. The molecule has 23 heavy (non-hydrogen) atoms. The first-order valence-electron chi connectivity index (χ1n) is 7.17. The quantitative estimate of drug-likeness (QED) is 0.678. The molecule has 1 aliphatic heterocycles. The third-order valence-corrected chi connectivity index (χ3v) is 3.93. The molecule has 1 saturated heterocycles. The average molecular weight is 321 g/mol. The molecule has 1 fully saturated rings. The van der Waals surface area contributed by atoms with Gasteiger partial charge >= 0.3 is 0 Å². The number of likely N-dealkylation sites (N-methyl/N-ethyl adjacent to an activating group) is 1. The van der Waals surface area contributed by atoms with Gasteiger partial charge in [0.05, 0.1) is 11.0 Å². The van der Waals surface area contributed by atoms with Crippen LogP contribution in [0.3, 0.4) is 0 Å². The fourth-order valence-electron chi connectivity index (χ4n) is 2.71. The van der Waals surface area contributed by atoms with Gasteiger partial charge in [0.25, 0.3) is 11.6 Å². The lowest BCUT2D eigenvalue weighted by atomic mass is 10.1. The van der Waals surface area contributed by atoms with E-state index in [9.17, 15) is 14.5 Å². The third kappa shape index (κ3) is 2.92. The minimum Gasteiger partial charge on any atom is -0.334 e. The average Bonchev–Trinajstić information content (AvgIpc) is 2.95. The normalized spacial score (nSPS) is 19.0. The molecule has 2 aromatic rings. The van der Waals surface area contributed by atoms with Crippen molar-refractivity contribution in [1.82, 2.24) is 20.4 Å². The Morgan fingerprint density at radius 2 is 2.30 bits per heavy atom. The Morgan fingerprint density at radius 1 is 1.52 bits per heavy atom. The highest BCUT2D eigenvalue weighted by Crippen LogP contribution is 2.33. The molecule has 8 nitrogen and oxygen atoms in total. The molecule has 1 aromatic carbocycles. The molecular weight excluding hydrogens is 305 g/mol. The van der Waals surface area contributed by atoms with Gasteiger partial charge < -0.3 is 9.84 Å². The number of benzene rings is 1. The summed E-state index contributed by atoms with van der Waals surface area (Å²) in [6, 6.07) is 2.07. The van der Waals surface area contributed by atoms with Crippen LogP contribution in [0.15, 0.2) is 16.7 Å². The van der Waals surface area contributed by atoms with E-state index in [0.29, 0.717) is 12.4 Å². The van der Waals surface area contributed by atoms with Gasteiger partial charge in [-0.25, -0.2) is 4.39 Å². The zero-order chi connectivity index (χ0) is 16.6. The predicted octanol–water partition coefficient (Wildman–Crippen LogP) is 1.67. The van der Waals surface area contributed by atoms with Gasteiger partial charge in [-0.05, 0) is 26.1 Å². The summed E-state index contributed by atoms with van der Waals surface area (Å²) in [6.07, 6.45) is 0. The van der Waals surface area contributed by atoms with Crippen molar-refractivity contribution in [2.45, 2.75) is 13.0 Å². The standard InChI is InChI=1S/C14H16FN5O3/c1-8-5-9(15)6-10(12(8)20(21)22)14-17-13(18-23-14)11-7-16-3-4-19(11)2/h5-6,11,16H,3-4,7H2,1-2H3. The highest BCUT2D eigenvalue weighted by atomic mass is 19.1. The van der Waals surface area contributed by atoms with E-state index in [-0.39, 0.29) is 28.7 Å². The second-order valence-corrected chi connectivity index (χ2v) is 5.53. The Kier molecular flexibility index (Phi) is 4.05. The Bertz CT molecular complexity index is 748. The van der Waals surface area contributed by atoms with Crippen molar-refractivity contribution in [3.05, 3.63) is 39.5 Å². The fraction of sp³-hybridized carbons (Fsp3) is 0.429.